The second-order valence-corrected chi connectivity index (χ2v) is 4.60. The molecule has 4 nitrogen and oxygen atoms in total. The second kappa shape index (κ2) is 3.87. The van der Waals surface area contributed by atoms with E-state index in [1.54, 1.807) is 6.33 Å². The zero-order valence-electron chi connectivity index (χ0n) is 9.76. The van der Waals surface area contributed by atoms with Gasteiger partial charge >= 0.3 is 0 Å². The largest absolute Gasteiger partial charge is 0.352 e. The van der Waals surface area contributed by atoms with Crippen LogP contribution in [0.4, 0.5) is 0 Å². The van der Waals surface area contributed by atoms with Gasteiger partial charge in [0.05, 0.1) is 17.4 Å². The van der Waals surface area contributed by atoms with Crippen LogP contribution in [0.2, 0.25) is 0 Å². The number of hydrogen-bond donors (Lipinski definition) is 1. The molecule has 1 aromatic carbocycles. The molecule has 1 aliphatic rings. The van der Waals surface area contributed by atoms with E-state index in [1.807, 2.05) is 35.8 Å². The Labute approximate surface area is 99.6 Å². The van der Waals surface area contributed by atoms with Crippen LogP contribution in [0.15, 0.2) is 30.6 Å². The van der Waals surface area contributed by atoms with E-state index >= 15 is 0 Å². The van der Waals surface area contributed by atoms with Gasteiger partial charge in [0, 0.05) is 6.04 Å². The molecule has 1 atom stereocenters. The first-order chi connectivity index (χ1) is 8.25. The third-order valence-corrected chi connectivity index (χ3v) is 3.20. The Kier molecular flexibility index (Phi) is 2.35. The van der Waals surface area contributed by atoms with Gasteiger partial charge in [-0.25, -0.2) is 4.98 Å². The summed E-state index contributed by atoms with van der Waals surface area (Å²) in [6.45, 7) is 1.91. The van der Waals surface area contributed by atoms with Crippen molar-refractivity contribution in [1.82, 2.24) is 14.9 Å². The number of amides is 1. The molecule has 1 fully saturated rings. The van der Waals surface area contributed by atoms with Crippen molar-refractivity contribution in [3.63, 3.8) is 0 Å². The molecule has 0 saturated heterocycles. The minimum atomic E-state index is -0.206. The van der Waals surface area contributed by atoms with Crippen LogP contribution >= 0.6 is 0 Å². The van der Waals surface area contributed by atoms with Crippen LogP contribution in [0, 0.1) is 0 Å². The molecule has 88 valence electrons. The fraction of sp³-hybridized carbons (Fsp3) is 0.385. The third-order valence-electron chi connectivity index (χ3n) is 3.20. The van der Waals surface area contributed by atoms with E-state index in [9.17, 15) is 4.79 Å². The van der Waals surface area contributed by atoms with Gasteiger partial charge in [0.25, 0.3) is 0 Å². The van der Waals surface area contributed by atoms with Gasteiger partial charge in [0.1, 0.15) is 6.04 Å². The zero-order chi connectivity index (χ0) is 11.8. The van der Waals surface area contributed by atoms with Crippen molar-refractivity contribution in [2.45, 2.75) is 31.8 Å². The highest BCUT2D eigenvalue weighted by atomic mass is 16.2. The Morgan fingerprint density at radius 1 is 1.47 bits per heavy atom. The van der Waals surface area contributed by atoms with Crippen molar-refractivity contribution in [2.24, 2.45) is 0 Å². The number of fused-ring (bicyclic) bond motifs is 1. The molecule has 3 rings (SSSR count). The molecule has 0 aliphatic heterocycles. The quantitative estimate of drug-likeness (QED) is 0.873. The van der Waals surface area contributed by atoms with Gasteiger partial charge in [0.2, 0.25) is 5.91 Å². The predicted molar refractivity (Wildman–Crippen MR) is 65.6 cm³/mol. The molecule has 0 spiro atoms. The Morgan fingerprint density at radius 2 is 2.24 bits per heavy atom. The first-order valence-electron chi connectivity index (χ1n) is 5.97. The van der Waals surface area contributed by atoms with E-state index in [4.69, 9.17) is 0 Å². The predicted octanol–water partition coefficient (Wildman–Crippen LogP) is 1.88. The zero-order valence-corrected chi connectivity index (χ0v) is 9.76. The normalized spacial score (nSPS) is 17.0. The summed E-state index contributed by atoms with van der Waals surface area (Å²) >= 11 is 0. The molecule has 2 aromatic rings. The van der Waals surface area contributed by atoms with Crippen LogP contribution in [0.5, 0.6) is 0 Å². The summed E-state index contributed by atoms with van der Waals surface area (Å²) < 4.78 is 1.92. The molecule has 1 aliphatic carbocycles. The lowest BCUT2D eigenvalue weighted by Gasteiger charge is -2.14. The third kappa shape index (κ3) is 1.90. The molecule has 4 heteroatoms. The van der Waals surface area contributed by atoms with Crippen molar-refractivity contribution in [2.75, 3.05) is 0 Å². The van der Waals surface area contributed by atoms with Crippen LogP contribution in [0.25, 0.3) is 11.0 Å². The molecule has 17 heavy (non-hydrogen) atoms. The lowest BCUT2D eigenvalue weighted by Crippen LogP contribution is -2.32. The van der Waals surface area contributed by atoms with Crippen molar-refractivity contribution >= 4 is 16.9 Å². The van der Waals surface area contributed by atoms with Crippen LogP contribution in [0.3, 0.4) is 0 Å². The number of nitrogens with one attached hydrogen (secondary N) is 1. The van der Waals surface area contributed by atoms with Crippen LogP contribution < -0.4 is 5.32 Å². The van der Waals surface area contributed by atoms with Crippen molar-refractivity contribution < 1.29 is 4.79 Å². The minimum Gasteiger partial charge on any atom is -0.352 e. The van der Waals surface area contributed by atoms with Gasteiger partial charge in [-0.3, -0.25) is 4.79 Å². The monoisotopic (exact) mass is 229 g/mol. The Balaban J connectivity index is 1.89. The van der Waals surface area contributed by atoms with Crippen LogP contribution in [0.1, 0.15) is 25.8 Å². The van der Waals surface area contributed by atoms with Crippen LogP contribution in [-0.2, 0) is 4.79 Å². The number of imidazole rings is 1. The fourth-order valence-electron chi connectivity index (χ4n) is 1.96. The van der Waals surface area contributed by atoms with Gasteiger partial charge in [-0.1, -0.05) is 12.1 Å². The summed E-state index contributed by atoms with van der Waals surface area (Å²) in [4.78, 5) is 16.3. The van der Waals surface area contributed by atoms with E-state index in [-0.39, 0.29) is 11.9 Å². The number of rotatable bonds is 3. The second-order valence-electron chi connectivity index (χ2n) is 4.60. The van der Waals surface area contributed by atoms with Crippen molar-refractivity contribution in [3.05, 3.63) is 30.6 Å². The number of nitrogens with zero attached hydrogens (tertiary/aromatic N) is 2. The smallest absolute Gasteiger partial charge is 0.243 e. The first-order valence-corrected chi connectivity index (χ1v) is 5.97. The molecular weight excluding hydrogens is 214 g/mol. The average Bonchev–Trinajstić information content (AvgIpc) is 3.05. The summed E-state index contributed by atoms with van der Waals surface area (Å²) in [6, 6.07) is 8.06. The number of hydrogen-bond acceptors (Lipinski definition) is 2. The highest BCUT2D eigenvalue weighted by Gasteiger charge is 2.26. The molecule has 1 saturated carbocycles. The maximum absolute atomic E-state index is 12.0. The molecule has 0 unspecified atom stereocenters. The number of aromatic nitrogens is 2. The van der Waals surface area contributed by atoms with Crippen molar-refractivity contribution in [3.8, 4) is 0 Å². The van der Waals surface area contributed by atoms with Crippen LogP contribution in [-0.4, -0.2) is 21.5 Å². The van der Waals surface area contributed by atoms with Gasteiger partial charge in [-0.2, -0.15) is 0 Å². The highest BCUT2D eigenvalue weighted by Crippen LogP contribution is 2.21. The Morgan fingerprint density at radius 3 is 3.00 bits per heavy atom. The highest BCUT2D eigenvalue weighted by molar-refractivity contribution is 5.83. The summed E-state index contributed by atoms with van der Waals surface area (Å²) in [5.41, 5.74) is 1.93. The Bertz CT molecular complexity index is 557. The van der Waals surface area contributed by atoms with Gasteiger partial charge < -0.3 is 9.88 Å². The van der Waals surface area contributed by atoms with Gasteiger partial charge in [0.15, 0.2) is 0 Å². The number of carbonyl (C=O) groups is 1. The average molecular weight is 229 g/mol. The molecule has 1 N–H and O–H groups in total. The fourth-order valence-corrected chi connectivity index (χ4v) is 1.96. The van der Waals surface area contributed by atoms with Gasteiger partial charge in [-0.15, -0.1) is 0 Å². The van der Waals surface area contributed by atoms with E-state index in [0.29, 0.717) is 6.04 Å². The minimum absolute atomic E-state index is 0.0793. The Hall–Kier alpha value is -1.84. The SMILES string of the molecule is C[C@@H](C(=O)NC1CC1)n1cnc2ccccc21. The molecule has 1 aromatic heterocycles. The van der Waals surface area contributed by atoms with E-state index in [1.165, 1.54) is 0 Å². The number of benzene rings is 1. The summed E-state index contributed by atoms with van der Waals surface area (Å²) in [6.07, 6.45) is 3.97. The maximum atomic E-state index is 12.0. The first kappa shape index (κ1) is 10.3. The van der Waals surface area contributed by atoms with E-state index in [0.717, 1.165) is 23.9 Å². The summed E-state index contributed by atoms with van der Waals surface area (Å²) in [5.74, 6) is 0.0793. The lowest BCUT2D eigenvalue weighted by atomic mass is 10.2. The van der Waals surface area contributed by atoms with E-state index < -0.39 is 0 Å². The molecule has 1 heterocycles. The number of para-hydroxylation sites is 2. The molecule has 1 amide bonds. The maximum Gasteiger partial charge on any atom is 0.243 e. The van der Waals surface area contributed by atoms with E-state index in [2.05, 4.69) is 10.3 Å². The van der Waals surface area contributed by atoms with Gasteiger partial charge in [-0.05, 0) is 31.9 Å². The lowest BCUT2D eigenvalue weighted by molar-refractivity contribution is -0.123. The summed E-state index contributed by atoms with van der Waals surface area (Å²) in [7, 11) is 0. The number of carbonyl (C=O) groups excluding carboxylic acids is 1. The molecule has 0 radical (unpaired) electrons. The van der Waals surface area contributed by atoms with Crippen molar-refractivity contribution in [1.29, 1.82) is 0 Å². The molecule has 0 bridgehead atoms. The standard InChI is InChI=1S/C13H15N3O/c1-9(13(17)15-10-6-7-10)16-8-14-11-4-2-3-5-12(11)16/h2-5,8-10H,6-7H2,1H3,(H,15,17)/t9-/m0/s1. The summed E-state index contributed by atoms with van der Waals surface area (Å²) in [5, 5.41) is 3.02. The topological polar surface area (TPSA) is 46.9 Å². The molecular formula is C13H15N3O.